The smallest absolute Gasteiger partial charge is 0.340 e. The molecule has 0 heterocycles. The van der Waals surface area contributed by atoms with Crippen LogP contribution in [0.3, 0.4) is 0 Å². The summed E-state index contributed by atoms with van der Waals surface area (Å²) < 4.78 is 30.9. The van der Waals surface area contributed by atoms with Gasteiger partial charge in [0, 0.05) is 0 Å². The molecule has 0 spiro atoms. The maximum Gasteiger partial charge on any atom is 0.340 e. The van der Waals surface area contributed by atoms with Gasteiger partial charge >= 0.3 is 5.97 Å². The van der Waals surface area contributed by atoms with Gasteiger partial charge in [-0.05, 0) is 42.9 Å². The van der Waals surface area contributed by atoms with Gasteiger partial charge in [-0.3, -0.25) is 0 Å². The van der Waals surface area contributed by atoms with Crippen LogP contribution in [0.2, 0.25) is 15.1 Å². The van der Waals surface area contributed by atoms with E-state index in [1.165, 1.54) is 19.2 Å². The zero-order chi connectivity index (χ0) is 17.9. The molecule has 0 aliphatic rings. The lowest BCUT2D eigenvalue weighted by Gasteiger charge is -2.09. The van der Waals surface area contributed by atoms with E-state index < -0.39 is 16.0 Å². The van der Waals surface area contributed by atoms with E-state index in [-0.39, 0.29) is 22.1 Å². The van der Waals surface area contributed by atoms with Crippen molar-refractivity contribution in [1.29, 1.82) is 0 Å². The monoisotopic (exact) mass is 407 g/mol. The minimum atomic E-state index is -3.70. The summed E-state index contributed by atoms with van der Waals surface area (Å²) in [6.07, 6.45) is 0. The summed E-state index contributed by atoms with van der Waals surface area (Å²) in [4.78, 5) is 12.1. The van der Waals surface area contributed by atoms with Crippen LogP contribution >= 0.6 is 34.8 Å². The molecule has 0 amide bonds. The molecule has 0 aromatic heterocycles. The Kier molecular flexibility index (Phi) is 6.11. The number of hydrogen-bond acceptors (Lipinski definition) is 4. The molecule has 5 nitrogen and oxygen atoms in total. The summed E-state index contributed by atoms with van der Waals surface area (Å²) in [6.45, 7) is -0.0605. The molecule has 0 bridgehead atoms. The highest BCUT2D eigenvalue weighted by atomic mass is 35.5. The zero-order valence-electron chi connectivity index (χ0n) is 12.3. The average molecular weight is 409 g/mol. The molecule has 0 radical (unpaired) electrons. The molecule has 2 rings (SSSR count). The molecule has 24 heavy (non-hydrogen) atoms. The second-order valence-electron chi connectivity index (χ2n) is 4.67. The van der Waals surface area contributed by atoms with Crippen LogP contribution in [0.5, 0.6) is 0 Å². The van der Waals surface area contributed by atoms with Gasteiger partial charge in [-0.15, -0.1) is 0 Å². The van der Waals surface area contributed by atoms with Gasteiger partial charge in [-0.2, -0.15) is 0 Å². The fourth-order valence-electron chi connectivity index (χ4n) is 1.80. The number of ether oxygens (including phenoxy) is 1. The Morgan fingerprint density at radius 1 is 1.04 bits per heavy atom. The Morgan fingerprint density at radius 3 is 2.33 bits per heavy atom. The highest BCUT2D eigenvalue weighted by molar-refractivity contribution is 7.89. The largest absolute Gasteiger partial charge is 0.457 e. The second kappa shape index (κ2) is 7.72. The predicted molar refractivity (Wildman–Crippen MR) is 93.3 cm³/mol. The number of sulfonamides is 1. The van der Waals surface area contributed by atoms with Crippen molar-refractivity contribution in [2.75, 3.05) is 7.05 Å². The number of nitrogens with one attached hydrogen (secondary N) is 1. The Morgan fingerprint density at radius 2 is 1.71 bits per heavy atom. The van der Waals surface area contributed by atoms with Crippen molar-refractivity contribution in [2.45, 2.75) is 11.5 Å². The van der Waals surface area contributed by atoms with Crippen molar-refractivity contribution in [3.8, 4) is 0 Å². The van der Waals surface area contributed by atoms with Crippen molar-refractivity contribution in [2.24, 2.45) is 0 Å². The lowest BCUT2D eigenvalue weighted by Crippen LogP contribution is -2.19. The fourth-order valence-corrected chi connectivity index (χ4v) is 3.07. The normalized spacial score (nSPS) is 11.3. The average Bonchev–Trinajstić information content (AvgIpc) is 2.55. The number of esters is 1. The van der Waals surface area contributed by atoms with Gasteiger partial charge in [-0.1, -0.05) is 40.9 Å². The molecular weight excluding hydrogens is 397 g/mol. The van der Waals surface area contributed by atoms with Gasteiger partial charge in [0.2, 0.25) is 10.0 Å². The summed E-state index contributed by atoms with van der Waals surface area (Å²) in [5.74, 6) is -0.751. The first-order chi connectivity index (χ1) is 11.2. The fraction of sp³-hybridized carbons (Fsp3) is 0.133. The summed E-state index contributed by atoms with van der Waals surface area (Å²) in [5, 5.41) is 0.814. The van der Waals surface area contributed by atoms with E-state index in [0.29, 0.717) is 15.6 Å². The van der Waals surface area contributed by atoms with Crippen LogP contribution in [-0.2, 0) is 21.4 Å². The standard InChI is InChI=1S/C15H12Cl3NO4S/c1-19-24(21,22)10-3-5-12(16)11(7-10)15(20)23-8-9-2-4-13(17)14(18)6-9/h2-7,19H,8H2,1H3. The molecule has 0 aliphatic heterocycles. The number of halogens is 3. The van der Waals surface area contributed by atoms with Gasteiger partial charge < -0.3 is 4.74 Å². The Hall–Kier alpha value is -1.31. The Bertz CT molecular complexity index is 884. The number of benzene rings is 2. The summed E-state index contributed by atoms with van der Waals surface area (Å²) in [6, 6.07) is 8.59. The number of carbonyl (C=O) groups is 1. The van der Waals surface area contributed by atoms with E-state index in [1.807, 2.05) is 0 Å². The van der Waals surface area contributed by atoms with Gasteiger partial charge in [0.25, 0.3) is 0 Å². The van der Waals surface area contributed by atoms with E-state index in [9.17, 15) is 13.2 Å². The maximum atomic E-state index is 12.2. The van der Waals surface area contributed by atoms with Gasteiger partial charge in [0.15, 0.2) is 0 Å². The maximum absolute atomic E-state index is 12.2. The third-order valence-electron chi connectivity index (χ3n) is 3.09. The SMILES string of the molecule is CNS(=O)(=O)c1ccc(Cl)c(C(=O)OCc2ccc(Cl)c(Cl)c2)c1. The highest BCUT2D eigenvalue weighted by Crippen LogP contribution is 2.24. The van der Waals surface area contributed by atoms with Gasteiger partial charge in [0.05, 0.1) is 25.5 Å². The summed E-state index contributed by atoms with van der Waals surface area (Å²) in [5.41, 5.74) is 0.584. The van der Waals surface area contributed by atoms with E-state index in [4.69, 9.17) is 39.5 Å². The Balaban J connectivity index is 2.20. The van der Waals surface area contributed by atoms with Crippen LogP contribution in [0.4, 0.5) is 0 Å². The molecule has 2 aromatic rings. The first-order valence-corrected chi connectivity index (χ1v) is 9.20. The van der Waals surface area contributed by atoms with Crippen molar-refractivity contribution < 1.29 is 17.9 Å². The molecule has 128 valence electrons. The van der Waals surface area contributed by atoms with Crippen LogP contribution in [0.25, 0.3) is 0 Å². The van der Waals surface area contributed by atoms with Gasteiger partial charge in [0.1, 0.15) is 6.61 Å². The predicted octanol–water partition coefficient (Wildman–Crippen LogP) is 3.91. The lowest BCUT2D eigenvalue weighted by molar-refractivity contribution is 0.0472. The number of hydrogen-bond donors (Lipinski definition) is 1. The molecule has 0 saturated carbocycles. The van der Waals surface area contributed by atoms with E-state index in [0.717, 1.165) is 6.07 Å². The van der Waals surface area contributed by atoms with Crippen molar-refractivity contribution >= 4 is 50.8 Å². The number of rotatable bonds is 5. The molecule has 2 aromatic carbocycles. The van der Waals surface area contributed by atoms with Crippen LogP contribution in [0.15, 0.2) is 41.3 Å². The lowest BCUT2D eigenvalue weighted by atomic mass is 10.2. The molecule has 1 N–H and O–H groups in total. The summed E-state index contributed by atoms with van der Waals surface area (Å²) in [7, 11) is -2.43. The molecule has 0 aliphatic carbocycles. The van der Waals surface area contributed by atoms with Crippen molar-refractivity contribution in [1.82, 2.24) is 4.72 Å². The third kappa shape index (κ3) is 4.40. The molecule has 0 unspecified atom stereocenters. The van der Waals surface area contributed by atoms with E-state index in [2.05, 4.69) is 4.72 Å². The van der Waals surface area contributed by atoms with Gasteiger partial charge in [-0.25, -0.2) is 17.9 Å². The first-order valence-electron chi connectivity index (χ1n) is 6.59. The van der Waals surface area contributed by atoms with Crippen LogP contribution in [0.1, 0.15) is 15.9 Å². The Labute approximate surface area is 154 Å². The first kappa shape index (κ1) is 19.0. The van der Waals surface area contributed by atoms with Crippen LogP contribution in [-0.4, -0.2) is 21.4 Å². The molecule has 0 fully saturated rings. The molecule has 9 heteroatoms. The number of carbonyl (C=O) groups excluding carboxylic acids is 1. The zero-order valence-corrected chi connectivity index (χ0v) is 15.4. The highest BCUT2D eigenvalue weighted by Gasteiger charge is 2.18. The van der Waals surface area contributed by atoms with E-state index in [1.54, 1.807) is 18.2 Å². The van der Waals surface area contributed by atoms with E-state index >= 15 is 0 Å². The molecule has 0 atom stereocenters. The quantitative estimate of drug-likeness (QED) is 0.761. The third-order valence-corrected chi connectivity index (χ3v) is 5.57. The van der Waals surface area contributed by atoms with Crippen LogP contribution < -0.4 is 4.72 Å². The summed E-state index contributed by atoms with van der Waals surface area (Å²) >= 11 is 17.7. The minimum absolute atomic E-state index is 0.0481. The molecular formula is C15H12Cl3NO4S. The molecule has 0 saturated heterocycles. The van der Waals surface area contributed by atoms with Crippen molar-refractivity contribution in [3.63, 3.8) is 0 Å². The minimum Gasteiger partial charge on any atom is -0.457 e. The topological polar surface area (TPSA) is 72.5 Å². The van der Waals surface area contributed by atoms with Crippen LogP contribution in [0, 0.1) is 0 Å². The van der Waals surface area contributed by atoms with Crippen molar-refractivity contribution in [3.05, 3.63) is 62.6 Å². The second-order valence-corrected chi connectivity index (χ2v) is 7.78.